The maximum Gasteiger partial charge on any atom is 0.292 e. The van der Waals surface area contributed by atoms with Gasteiger partial charge in [-0.05, 0) is 44.0 Å². The second kappa shape index (κ2) is 10.2. The number of thioether (sulfide) groups is 1. The zero-order valence-corrected chi connectivity index (χ0v) is 18.1. The van der Waals surface area contributed by atoms with Crippen LogP contribution in [-0.4, -0.2) is 28.2 Å². The highest BCUT2D eigenvalue weighted by Crippen LogP contribution is 2.27. The number of nitro benzene ring substituents is 1. The Bertz CT molecular complexity index is 1000. The number of benzene rings is 1. The molecule has 30 heavy (non-hydrogen) atoms. The van der Waals surface area contributed by atoms with Crippen LogP contribution in [0.2, 0.25) is 0 Å². The summed E-state index contributed by atoms with van der Waals surface area (Å²) in [7, 11) is 0. The Morgan fingerprint density at radius 3 is 2.77 bits per heavy atom. The zero-order valence-electron chi connectivity index (χ0n) is 17.3. The Hall–Kier alpha value is -2.91. The quantitative estimate of drug-likeness (QED) is 0.212. The van der Waals surface area contributed by atoms with Crippen molar-refractivity contribution in [3.63, 3.8) is 0 Å². The van der Waals surface area contributed by atoms with E-state index in [1.807, 2.05) is 39.0 Å². The molecule has 0 atom stereocenters. The second-order valence-corrected chi connectivity index (χ2v) is 7.90. The van der Waals surface area contributed by atoms with Gasteiger partial charge in [-0.15, -0.1) is 11.8 Å². The lowest BCUT2D eigenvalue weighted by Gasteiger charge is -2.11. The molecule has 1 aromatic carbocycles. The molecule has 158 valence electrons. The molecule has 0 spiro atoms. The number of aryl methyl sites for hydroxylation is 3. The standard InChI is InChI=1S/C21H25N5O3S/c1-14-6-7-19(20(11-14)26(27)28)23-10-9-22-12-17-5-4-8-24-21(17)30-13-18-15(2)25-29-16(18)3/h4-8,11,22-23H,9-10,12-13H2,1-3H3. The van der Waals surface area contributed by atoms with Gasteiger partial charge in [0.2, 0.25) is 0 Å². The Morgan fingerprint density at radius 2 is 2.03 bits per heavy atom. The van der Waals surface area contributed by atoms with E-state index < -0.39 is 0 Å². The van der Waals surface area contributed by atoms with E-state index in [1.54, 1.807) is 30.1 Å². The Morgan fingerprint density at radius 1 is 1.20 bits per heavy atom. The van der Waals surface area contributed by atoms with E-state index in [0.717, 1.165) is 38.9 Å². The lowest BCUT2D eigenvalue weighted by Crippen LogP contribution is -2.22. The van der Waals surface area contributed by atoms with Gasteiger partial charge in [0.25, 0.3) is 5.69 Å². The molecule has 0 saturated carbocycles. The lowest BCUT2D eigenvalue weighted by molar-refractivity contribution is -0.384. The maximum atomic E-state index is 11.2. The van der Waals surface area contributed by atoms with Crippen LogP contribution in [0.3, 0.4) is 0 Å². The molecule has 2 aromatic heterocycles. The van der Waals surface area contributed by atoms with Crippen LogP contribution in [0.15, 0.2) is 46.1 Å². The highest BCUT2D eigenvalue weighted by atomic mass is 32.2. The van der Waals surface area contributed by atoms with Gasteiger partial charge in [-0.1, -0.05) is 17.3 Å². The van der Waals surface area contributed by atoms with Gasteiger partial charge in [-0.25, -0.2) is 4.98 Å². The minimum absolute atomic E-state index is 0.0975. The molecule has 0 bridgehead atoms. The van der Waals surface area contributed by atoms with Gasteiger partial charge in [0.15, 0.2) is 0 Å². The number of rotatable bonds is 10. The summed E-state index contributed by atoms with van der Waals surface area (Å²) in [6.07, 6.45) is 1.79. The van der Waals surface area contributed by atoms with E-state index in [-0.39, 0.29) is 10.6 Å². The molecule has 0 saturated heterocycles. The molecule has 0 aliphatic rings. The Kier molecular flexibility index (Phi) is 7.42. The third-order valence-electron chi connectivity index (χ3n) is 4.67. The summed E-state index contributed by atoms with van der Waals surface area (Å²) >= 11 is 1.66. The first-order valence-corrected chi connectivity index (χ1v) is 10.6. The monoisotopic (exact) mass is 427 g/mol. The molecule has 0 radical (unpaired) electrons. The van der Waals surface area contributed by atoms with E-state index in [2.05, 4.69) is 20.8 Å². The van der Waals surface area contributed by atoms with Gasteiger partial charge >= 0.3 is 0 Å². The average molecular weight is 428 g/mol. The molecule has 8 nitrogen and oxygen atoms in total. The van der Waals surface area contributed by atoms with Crippen molar-refractivity contribution in [1.82, 2.24) is 15.5 Å². The third kappa shape index (κ3) is 5.58. The summed E-state index contributed by atoms with van der Waals surface area (Å²) < 4.78 is 5.23. The molecule has 2 N–H and O–H groups in total. The van der Waals surface area contributed by atoms with E-state index in [0.29, 0.717) is 25.3 Å². The highest BCUT2D eigenvalue weighted by Gasteiger charge is 2.13. The van der Waals surface area contributed by atoms with E-state index in [4.69, 9.17) is 4.52 Å². The van der Waals surface area contributed by atoms with Gasteiger partial charge in [-0.2, -0.15) is 0 Å². The number of pyridine rings is 1. The molecule has 0 fully saturated rings. The molecule has 3 aromatic rings. The van der Waals surface area contributed by atoms with Gasteiger partial charge in [-0.3, -0.25) is 10.1 Å². The molecule has 3 rings (SSSR count). The molecular formula is C21H25N5O3S. The van der Waals surface area contributed by atoms with Crippen LogP contribution in [0.5, 0.6) is 0 Å². The molecule has 0 aliphatic heterocycles. The number of nitrogens with one attached hydrogen (secondary N) is 2. The fourth-order valence-corrected chi connectivity index (χ4v) is 4.14. The van der Waals surface area contributed by atoms with Crippen LogP contribution in [-0.2, 0) is 12.3 Å². The second-order valence-electron chi connectivity index (χ2n) is 6.94. The number of anilines is 1. The molecule has 9 heteroatoms. The van der Waals surface area contributed by atoms with E-state index >= 15 is 0 Å². The smallest absolute Gasteiger partial charge is 0.292 e. The van der Waals surface area contributed by atoms with Crippen LogP contribution >= 0.6 is 11.8 Å². The van der Waals surface area contributed by atoms with Crippen LogP contribution in [0, 0.1) is 30.9 Å². The maximum absolute atomic E-state index is 11.2. The van der Waals surface area contributed by atoms with E-state index in [1.165, 1.54) is 0 Å². The first-order valence-electron chi connectivity index (χ1n) is 9.63. The van der Waals surface area contributed by atoms with Crippen LogP contribution in [0.1, 0.15) is 28.1 Å². The SMILES string of the molecule is Cc1ccc(NCCNCc2cccnc2SCc2c(C)noc2C)c([N+](=O)[O-])c1. The summed E-state index contributed by atoms with van der Waals surface area (Å²) in [6.45, 7) is 7.60. The predicted octanol–water partition coefficient (Wildman–Crippen LogP) is 4.40. The summed E-state index contributed by atoms with van der Waals surface area (Å²) in [6, 6.07) is 9.16. The van der Waals surface area contributed by atoms with Crippen molar-refractivity contribution in [2.24, 2.45) is 0 Å². The minimum Gasteiger partial charge on any atom is -0.378 e. The first-order chi connectivity index (χ1) is 14.5. The normalized spacial score (nSPS) is 10.9. The molecule has 2 heterocycles. The van der Waals surface area contributed by atoms with Crippen molar-refractivity contribution < 1.29 is 9.45 Å². The number of nitrogens with zero attached hydrogens (tertiary/aromatic N) is 3. The average Bonchev–Trinajstić information content (AvgIpc) is 3.05. The molecular weight excluding hydrogens is 402 g/mol. The number of hydrogen-bond acceptors (Lipinski definition) is 8. The van der Waals surface area contributed by atoms with Crippen molar-refractivity contribution in [2.75, 3.05) is 18.4 Å². The van der Waals surface area contributed by atoms with Gasteiger partial charge in [0, 0.05) is 43.2 Å². The Labute approximate surface area is 179 Å². The highest BCUT2D eigenvalue weighted by molar-refractivity contribution is 7.98. The third-order valence-corrected chi connectivity index (χ3v) is 5.74. The summed E-state index contributed by atoms with van der Waals surface area (Å²) in [5.74, 6) is 1.59. The zero-order chi connectivity index (χ0) is 21.5. The topological polar surface area (TPSA) is 106 Å². The van der Waals surface area contributed by atoms with Crippen LogP contribution < -0.4 is 10.6 Å². The fourth-order valence-electron chi connectivity index (χ4n) is 2.99. The van der Waals surface area contributed by atoms with Gasteiger partial charge in [0.1, 0.15) is 16.5 Å². The fraction of sp³-hybridized carbons (Fsp3) is 0.333. The Balaban J connectivity index is 1.51. The predicted molar refractivity (Wildman–Crippen MR) is 118 cm³/mol. The van der Waals surface area contributed by atoms with Crippen LogP contribution in [0.4, 0.5) is 11.4 Å². The van der Waals surface area contributed by atoms with Gasteiger partial charge in [0.05, 0.1) is 10.6 Å². The molecule has 0 amide bonds. The van der Waals surface area contributed by atoms with Gasteiger partial charge < -0.3 is 15.2 Å². The first kappa shape index (κ1) is 21.8. The van der Waals surface area contributed by atoms with Crippen molar-refractivity contribution in [1.29, 1.82) is 0 Å². The summed E-state index contributed by atoms with van der Waals surface area (Å²) in [4.78, 5) is 15.3. The van der Waals surface area contributed by atoms with Crippen LogP contribution in [0.25, 0.3) is 0 Å². The molecule has 0 aliphatic carbocycles. The van der Waals surface area contributed by atoms with Crippen molar-refractivity contribution >= 4 is 23.1 Å². The molecule has 0 unspecified atom stereocenters. The number of hydrogen-bond donors (Lipinski definition) is 2. The van der Waals surface area contributed by atoms with Crippen molar-refractivity contribution in [2.45, 2.75) is 38.1 Å². The van der Waals surface area contributed by atoms with E-state index in [9.17, 15) is 10.1 Å². The largest absolute Gasteiger partial charge is 0.378 e. The minimum atomic E-state index is -0.360. The lowest BCUT2D eigenvalue weighted by atomic mass is 10.2. The number of aromatic nitrogens is 2. The number of nitro groups is 1. The van der Waals surface area contributed by atoms with Crippen molar-refractivity contribution in [3.05, 3.63) is 74.8 Å². The summed E-state index contributed by atoms with van der Waals surface area (Å²) in [5, 5.41) is 22.7. The summed E-state index contributed by atoms with van der Waals surface area (Å²) in [5.41, 5.74) is 4.62. The van der Waals surface area contributed by atoms with Crippen molar-refractivity contribution in [3.8, 4) is 0 Å².